The molecular weight excluding hydrogens is 154 g/mol. The van der Waals surface area contributed by atoms with Crippen molar-refractivity contribution in [1.29, 1.82) is 0 Å². The topological polar surface area (TPSA) is 29.5 Å². The summed E-state index contributed by atoms with van der Waals surface area (Å²) in [6.45, 7) is 5.00. The molecule has 0 aliphatic carbocycles. The Morgan fingerprint density at radius 1 is 1.75 bits per heavy atom. The molecule has 0 bridgehead atoms. The molecule has 1 atom stereocenters. The largest absolute Gasteiger partial charge is 0.380 e. The van der Waals surface area contributed by atoms with Crippen molar-refractivity contribution in [1.82, 2.24) is 4.90 Å². The SMILES string of the molecule is C=CC(=O)N1CCCC(OC)C1. The number of carbonyl (C=O) groups is 1. The smallest absolute Gasteiger partial charge is 0.246 e. The Kier molecular flexibility index (Phi) is 3.29. The van der Waals surface area contributed by atoms with Crippen molar-refractivity contribution in [2.45, 2.75) is 18.9 Å². The van der Waals surface area contributed by atoms with Gasteiger partial charge in [0.1, 0.15) is 0 Å². The number of rotatable bonds is 2. The van der Waals surface area contributed by atoms with Gasteiger partial charge in [0.2, 0.25) is 5.91 Å². The first kappa shape index (κ1) is 9.26. The summed E-state index contributed by atoms with van der Waals surface area (Å²) in [4.78, 5) is 13.0. The van der Waals surface area contributed by atoms with Crippen LogP contribution in [0.25, 0.3) is 0 Å². The lowest BCUT2D eigenvalue weighted by molar-refractivity contribution is -0.129. The van der Waals surface area contributed by atoms with Crippen LogP contribution in [0.2, 0.25) is 0 Å². The second kappa shape index (κ2) is 4.26. The molecule has 0 aromatic rings. The number of hydrogen-bond donors (Lipinski definition) is 0. The summed E-state index contributed by atoms with van der Waals surface area (Å²) in [5.41, 5.74) is 0. The van der Waals surface area contributed by atoms with E-state index >= 15 is 0 Å². The first-order valence-electron chi connectivity index (χ1n) is 4.22. The summed E-state index contributed by atoms with van der Waals surface area (Å²) < 4.78 is 5.19. The van der Waals surface area contributed by atoms with Crippen LogP contribution in [0, 0.1) is 0 Å². The van der Waals surface area contributed by atoms with E-state index in [0.29, 0.717) is 6.54 Å². The molecule has 1 saturated heterocycles. The van der Waals surface area contributed by atoms with E-state index in [1.807, 2.05) is 0 Å². The Bertz CT molecular complexity index is 179. The number of likely N-dealkylation sites (tertiary alicyclic amines) is 1. The molecule has 0 spiro atoms. The summed E-state index contributed by atoms with van der Waals surface area (Å²) in [6, 6.07) is 0. The second-order valence-corrected chi connectivity index (χ2v) is 2.99. The van der Waals surface area contributed by atoms with Gasteiger partial charge in [-0.15, -0.1) is 0 Å². The second-order valence-electron chi connectivity index (χ2n) is 2.99. The summed E-state index contributed by atoms with van der Waals surface area (Å²) in [6.07, 6.45) is 3.65. The van der Waals surface area contributed by atoms with E-state index in [0.717, 1.165) is 19.4 Å². The fraction of sp³-hybridized carbons (Fsp3) is 0.667. The third kappa shape index (κ3) is 2.08. The van der Waals surface area contributed by atoms with Crippen molar-refractivity contribution in [3.8, 4) is 0 Å². The standard InChI is InChI=1S/C9H15NO2/c1-3-9(11)10-6-4-5-8(7-10)12-2/h3,8H,1,4-7H2,2H3. The van der Waals surface area contributed by atoms with Gasteiger partial charge in [-0.25, -0.2) is 0 Å². The lowest BCUT2D eigenvalue weighted by Gasteiger charge is -2.31. The molecule has 12 heavy (non-hydrogen) atoms. The van der Waals surface area contributed by atoms with Gasteiger partial charge < -0.3 is 9.64 Å². The highest BCUT2D eigenvalue weighted by atomic mass is 16.5. The van der Waals surface area contributed by atoms with Crippen LogP contribution in [0.1, 0.15) is 12.8 Å². The minimum atomic E-state index is 0.0109. The van der Waals surface area contributed by atoms with E-state index in [4.69, 9.17) is 4.74 Å². The van der Waals surface area contributed by atoms with Crippen LogP contribution in [-0.4, -0.2) is 37.1 Å². The highest BCUT2D eigenvalue weighted by Gasteiger charge is 2.21. The lowest BCUT2D eigenvalue weighted by Crippen LogP contribution is -2.42. The van der Waals surface area contributed by atoms with E-state index < -0.39 is 0 Å². The highest BCUT2D eigenvalue weighted by Crippen LogP contribution is 2.12. The molecule has 1 unspecified atom stereocenters. The zero-order valence-corrected chi connectivity index (χ0v) is 7.45. The average Bonchev–Trinajstić information content (AvgIpc) is 2.17. The van der Waals surface area contributed by atoms with Gasteiger partial charge in [-0.05, 0) is 18.9 Å². The number of ether oxygens (including phenoxy) is 1. The molecule has 0 N–H and O–H groups in total. The van der Waals surface area contributed by atoms with Gasteiger partial charge in [0.25, 0.3) is 0 Å². The summed E-state index contributed by atoms with van der Waals surface area (Å²) in [7, 11) is 1.69. The molecule has 1 amide bonds. The molecule has 1 heterocycles. The van der Waals surface area contributed by atoms with Crippen molar-refractivity contribution in [3.63, 3.8) is 0 Å². The molecule has 3 heteroatoms. The first-order valence-corrected chi connectivity index (χ1v) is 4.22. The fourth-order valence-electron chi connectivity index (χ4n) is 1.46. The summed E-state index contributed by atoms with van der Waals surface area (Å²) in [5, 5.41) is 0. The third-order valence-corrected chi connectivity index (χ3v) is 2.20. The number of nitrogens with zero attached hydrogens (tertiary/aromatic N) is 1. The van der Waals surface area contributed by atoms with Crippen LogP contribution in [0.4, 0.5) is 0 Å². The predicted octanol–water partition coefficient (Wildman–Crippen LogP) is 0.810. The first-order chi connectivity index (χ1) is 5.77. The van der Waals surface area contributed by atoms with Gasteiger partial charge in [0, 0.05) is 20.2 Å². The Hall–Kier alpha value is -0.830. The van der Waals surface area contributed by atoms with Gasteiger partial charge in [0.05, 0.1) is 6.10 Å². The molecule has 1 rings (SSSR count). The Labute approximate surface area is 73.0 Å². The molecule has 1 fully saturated rings. The Balaban J connectivity index is 2.45. The summed E-state index contributed by atoms with van der Waals surface area (Å²) in [5.74, 6) is 0.0109. The number of carbonyl (C=O) groups excluding carboxylic acids is 1. The van der Waals surface area contributed by atoms with Gasteiger partial charge in [-0.1, -0.05) is 6.58 Å². The van der Waals surface area contributed by atoms with E-state index in [1.54, 1.807) is 12.0 Å². The normalized spacial score (nSPS) is 23.8. The molecule has 0 radical (unpaired) electrons. The molecular formula is C9H15NO2. The molecule has 3 nitrogen and oxygen atoms in total. The van der Waals surface area contributed by atoms with Gasteiger partial charge in [-0.3, -0.25) is 4.79 Å². The highest BCUT2D eigenvalue weighted by molar-refractivity contribution is 5.87. The van der Waals surface area contributed by atoms with Gasteiger partial charge in [-0.2, -0.15) is 0 Å². The number of methoxy groups -OCH3 is 1. The fourth-order valence-corrected chi connectivity index (χ4v) is 1.46. The van der Waals surface area contributed by atoms with E-state index in [-0.39, 0.29) is 12.0 Å². The zero-order valence-electron chi connectivity index (χ0n) is 7.45. The quantitative estimate of drug-likeness (QED) is 0.572. The third-order valence-electron chi connectivity index (χ3n) is 2.20. The maximum atomic E-state index is 11.2. The van der Waals surface area contributed by atoms with Crippen molar-refractivity contribution in [3.05, 3.63) is 12.7 Å². The zero-order chi connectivity index (χ0) is 8.97. The van der Waals surface area contributed by atoms with Crippen LogP contribution in [0.3, 0.4) is 0 Å². The lowest BCUT2D eigenvalue weighted by atomic mass is 10.1. The van der Waals surface area contributed by atoms with Crippen molar-refractivity contribution >= 4 is 5.91 Å². The van der Waals surface area contributed by atoms with Crippen molar-refractivity contribution in [2.75, 3.05) is 20.2 Å². The molecule has 1 aliphatic rings. The van der Waals surface area contributed by atoms with Crippen LogP contribution in [-0.2, 0) is 9.53 Å². The molecule has 0 aromatic carbocycles. The maximum Gasteiger partial charge on any atom is 0.246 e. The molecule has 68 valence electrons. The van der Waals surface area contributed by atoms with Crippen molar-refractivity contribution < 1.29 is 9.53 Å². The summed E-state index contributed by atoms with van der Waals surface area (Å²) >= 11 is 0. The van der Waals surface area contributed by atoms with Gasteiger partial charge >= 0.3 is 0 Å². The van der Waals surface area contributed by atoms with Crippen molar-refractivity contribution in [2.24, 2.45) is 0 Å². The number of piperidine rings is 1. The molecule has 1 aliphatic heterocycles. The minimum Gasteiger partial charge on any atom is -0.380 e. The van der Waals surface area contributed by atoms with E-state index in [2.05, 4.69) is 6.58 Å². The van der Waals surface area contributed by atoms with Crippen LogP contribution < -0.4 is 0 Å². The molecule has 0 saturated carbocycles. The van der Waals surface area contributed by atoms with E-state index in [9.17, 15) is 4.79 Å². The monoisotopic (exact) mass is 169 g/mol. The maximum absolute atomic E-state index is 11.2. The van der Waals surface area contributed by atoms with Crippen LogP contribution in [0.5, 0.6) is 0 Å². The predicted molar refractivity (Wildman–Crippen MR) is 46.8 cm³/mol. The molecule has 0 aromatic heterocycles. The average molecular weight is 169 g/mol. The number of hydrogen-bond acceptors (Lipinski definition) is 2. The minimum absolute atomic E-state index is 0.0109. The Morgan fingerprint density at radius 3 is 3.08 bits per heavy atom. The Morgan fingerprint density at radius 2 is 2.50 bits per heavy atom. The van der Waals surface area contributed by atoms with Crippen LogP contribution in [0.15, 0.2) is 12.7 Å². The van der Waals surface area contributed by atoms with E-state index in [1.165, 1.54) is 6.08 Å². The van der Waals surface area contributed by atoms with Gasteiger partial charge in [0.15, 0.2) is 0 Å². The number of amides is 1. The van der Waals surface area contributed by atoms with Crippen LogP contribution >= 0.6 is 0 Å².